The van der Waals surface area contributed by atoms with Gasteiger partial charge in [0.15, 0.2) is 0 Å². The van der Waals surface area contributed by atoms with Crippen LogP contribution in [0.4, 0.5) is 0 Å². The monoisotopic (exact) mass is 170 g/mol. The first-order valence-electron chi connectivity index (χ1n) is 5.16. The Balaban J connectivity index is 0.000000561. The Morgan fingerprint density at radius 3 is 2.42 bits per heavy atom. The zero-order chi connectivity index (χ0) is 9.40. The van der Waals surface area contributed by atoms with Crippen LogP contribution in [0.1, 0.15) is 40.5 Å². The third kappa shape index (κ3) is 3.24. The van der Waals surface area contributed by atoms with E-state index in [0.29, 0.717) is 0 Å². The van der Waals surface area contributed by atoms with Gasteiger partial charge in [-0.1, -0.05) is 20.8 Å². The fourth-order valence-electron chi connectivity index (χ4n) is 1.37. The molecule has 0 bridgehead atoms. The maximum atomic E-state index is 4.44. The minimum absolute atomic E-state index is 1.04. The van der Waals surface area contributed by atoms with Crippen LogP contribution in [-0.4, -0.2) is 30.4 Å². The molecule has 0 amide bonds. The van der Waals surface area contributed by atoms with E-state index in [0.717, 1.165) is 19.5 Å². The van der Waals surface area contributed by atoms with Crippen molar-refractivity contribution in [2.45, 2.75) is 40.5 Å². The van der Waals surface area contributed by atoms with Crippen molar-refractivity contribution in [1.29, 1.82) is 0 Å². The molecule has 12 heavy (non-hydrogen) atoms. The van der Waals surface area contributed by atoms with Crippen LogP contribution >= 0.6 is 0 Å². The lowest BCUT2D eigenvalue weighted by Gasteiger charge is -2.27. The van der Waals surface area contributed by atoms with E-state index in [-0.39, 0.29) is 0 Å². The van der Waals surface area contributed by atoms with E-state index < -0.39 is 0 Å². The summed E-state index contributed by atoms with van der Waals surface area (Å²) in [6.45, 7) is 11.7. The van der Waals surface area contributed by atoms with E-state index in [4.69, 9.17) is 0 Å². The SMILES string of the molecule is CC.CCC1=NCCCN1CC. The summed E-state index contributed by atoms with van der Waals surface area (Å²) < 4.78 is 0. The molecule has 0 saturated carbocycles. The maximum Gasteiger partial charge on any atom is 0.0986 e. The van der Waals surface area contributed by atoms with Gasteiger partial charge < -0.3 is 4.90 Å². The van der Waals surface area contributed by atoms with Crippen LogP contribution in [0.2, 0.25) is 0 Å². The normalized spacial score (nSPS) is 16.3. The van der Waals surface area contributed by atoms with Gasteiger partial charge in [0.2, 0.25) is 0 Å². The van der Waals surface area contributed by atoms with Crippen molar-refractivity contribution in [2.75, 3.05) is 19.6 Å². The van der Waals surface area contributed by atoms with Gasteiger partial charge in [-0.2, -0.15) is 0 Å². The van der Waals surface area contributed by atoms with Crippen LogP contribution in [0.5, 0.6) is 0 Å². The lowest BCUT2D eigenvalue weighted by atomic mass is 10.2. The summed E-state index contributed by atoms with van der Waals surface area (Å²) in [4.78, 5) is 6.81. The largest absolute Gasteiger partial charge is 0.361 e. The van der Waals surface area contributed by atoms with Gasteiger partial charge in [-0.25, -0.2) is 0 Å². The van der Waals surface area contributed by atoms with Crippen molar-refractivity contribution < 1.29 is 0 Å². The molecule has 1 aliphatic rings. The fourth-order valence-corrected chi connectivity index (χ4v) is 1.37. The quantitative estimate of drug-likeness (QED) is 0.622. The molecule has 0 saturated heterocycles. The molecule has 2 nitrogen and oxygen atoms in total. The molecule has 0 aromatic heterocycles. The van der Waals surface area contributed by atoms with Gasteiger partial charge in [0.1, 0.15) is 0 Å². The van der Waals surface area contributed by atoms with Gasteiger partial charge in [-0.05, 0) is 13.3 Å². The summed E-state index contributed by atoms with van der Waals surface area (Å²) in [5.41, 5.74) is 0. The third-order valence-electron chi connectivity index (χ3n) is 1.94. The van der Waals surface area contributed by atoms with E-state index in [1.165, 1.54) is 18.8 Å². The summed E-state index contributed by atoms with van der Waals surface area (Å²) >= 11 is 0. The molecule has 0 atom stereocenters. The number of hydrogen-bond acceptors (Lipinski definition) is 2. The first kappa shape index (κ1) is 11.5. The van der Waals surface area contributed by atoms with Crippen LogP contribution in [0.3, 0.4) is 0 Å². The van der Waals surface area contributed by atoms with Gasteiger partial charge in [0.05, 0.1) is 5.84 Å². The first-order valence-corrected chi connectivity index (χ1v) is 5.16. The van der Waals surface area contributed by atoms with Gasteiger partial charge >= 0.3 is 0 Å². The molecule has 1 rings (SSSR count). The number of rotatable bonds is 2. The number of amidine groups is 1. The van der Waals surface area contributed by atoms with Crippen molar-refractivity contribution in [3.05, 3.63) is 0 Å². The van der Waals surface area contributed by atoms with Crippen LogP contribution < -0.4 is 0 Å². The first-order chi connectivity index (χ1) is 5.88. The molecule has 0 aromatic carbocycles. The minimum Gasteiger partial charge on any atom is -0.361 e. The summed E-state index contributed by atoms with van der Waals surface area (Å²) in [6.07, 6.45) is 2.32. The Kier molecular flexibility index (Phi) is 6.82. The zero-order valence-electron chi connectivity index (χ0n) is 8.93. The molecule has 0 unspecified atom stereocenters. The minimum atomic E-state index is 1.04. The van der Waals surface area contributed by atoms with E-state index >= 15 is 0 Å². The third-order valence-corrected chi connectivity index (χ3v) is 1.94. The Bertz CT molecular complexity index is 130. The molecule has 0 radical (unpaired) electrons. The molecule has 2 heteroatoms. The van der Waals surface area contributed by atoms with Crippen molar-refractivity contribution in [2.24, 2.45) is 4.99 Å². The predicted molar refractivity (Wildman–Crippen MR) is 55.8 cm³/mol. The second-order valence-corrected chi connectivity index (χ2v) is 2.58. The molecule has 0 N–H and O–H groups in total. The molecule has 0 spiro atoms. The molecule has 72 valence electrons. The van der Waals surface area contributed by atoms with Crippen molar-refractivity contribution in [3.63, 3.8) is 0 Å². The number of hydrogen-bond donors (Lipinski definition) is 0. The Morgan fingerprint density at radius 2 is 2.00 bits per heavy atom. The van der Waals surface area contributed by atoms with Crippen molar-refractivity contribution in [3.8, 4) is 0 Å². The molecular formula is C10H22N2. The van der Waals surface area contributed by atoms with Crippen LogP contribution in [-0.2, 0) is 0 Å². The molecular weight excluding hydrogens is 148 g/mol. The Labute approximate surface area is 76.7 Å². The average molecular weight is 170 g/mol. The van der Waals surface area contributed by atoms with Crippen molar-refractivity contribution >= 4 is 5.84 Å². The number of nitrogens with zero attached hydrogens (tertiary/aromatic N) is 2. The second kappa shape index (κ2) is 7.14. The lowest BCUT2D eigenvalue weighted by molar-refractivity contribution is 0.405. The van der Waals surface area contributed by atoms with E-state index in [1.807, 2.05) is 13.8 Å². The van der Waals surface area contributed by atoms with E-state index in [9.17, 15) is 0 Å². The van der Waals surface area contributed by atoms with Crippen molar-refractivity contribution in [1.82, 2.24) is 4.90 Å². The van der Waals surface area contributed by atoms with Crippen LogP contribution in [0, 0.1) is 0 Å². The highest BCUT2D eigenvalue weighted by Gasteiger charge is 2.09. The zero-order valence-corrected chi connectivity index (χ0v) is 8.93. The fraction of sp³-hybridized carbons (Fsp3) is 0.900. The smallest absolute Gasteiger partial charge is 0.0986 e. The molecule has 1 heterocycles. The number of aliphatic imine (C=N–C) groups is 1. The predicted octanol–water partition coefficient (Wildman–Crippen LogP) is 2.55. The van der Waals surface area contributed by atoms with E-state index in [1.54, 1.807) is 0 Å². The molecule has 0 fully saturated rings. The van der Waals surface area contributed by atoms with Crippen LogP contribution in [0.25, 0.3) is 0 Å². The van der Waals surface area contributed by atoms with Gasteiger partial charge in [0.25, 0.3) is 0 Å². The van der Waals surface area contributed by atoms with Gasteiger partial charge in [-0.3, -0.25) is 4.99 Å². The highest BCUT2D eigenvalue weighted by atomic mass is 15.2. The summed E-state index contributed by atoms with van der Waals surface area (Å²) in [7, 11) is 0. The highest BCUT2D eigenvalue weighted by molar-refractivity contribution is 5.82. The molecule has 1 aliphatic heterocycles. The Morgan fingerprint density at radius 1 is 1.33 bits per heavy atom. The van der Waals surface area contributed by atoms with Crippen LogP contribution in [0.15, 0.2) is 4.99 Å². The standard InChI is InChI=1S/C8H16N2.C2H6/c1-3-8-9-6-5-7-10(8)4-2;1-2/h3-7H2,1-2H3;1-2H3. The average Bonchev–Trinajstić information content (AvgIpc) is 2.20. The topological polar surface area (TPSA) is 15.6 Å². The molecule has 0 aliphatic carbocycles. The van der Waals surface area contributed by atoms with E-state index in [2.05, 4.69) is 23.7 Å². The maximum absolute atomic E-state index is 4.44. The Hall–Kier alpha value is -0.530. The van der Waals surface area contributed by atoms with Gasteiger partial charge in [0, 0.05) is 26.1 Å². The highest BCUT2D eigenvalue weighted by Crippen LogP contribution is 2.04. The van der Waals surface area contributed by atoms with Gasteiger partial charge in [-0.15, -0.1) is 0 Å². The summed E-state index contributed by atoms with van der Waals surface area (Å²) in [5, 5.41) is 0. The summed E-state index contributed by atoms with van der Waals surface area (Å²) in [5.74, 6) is 1.30. The second-order valence-electron chi connectivity index (χ2n) is 2.58. The summed E-state index contributed by atoms with van der Waals surface area (Å²) in [6, 6.07) is 0. The molecule has 0 aromatic rings. The lowest BCUT2D eigenvalue weighted by Crippen LogP contribution is -2.34.